The minimum absolute atomic E-state index is 0.118. The van der Waals surface area contributed by atoms with Crippen molar-refractivity contribution in [2.45, 2.75) is 55.9 Å². The van der Waals surface area contributed by atoms with Gasteiger partial charge in [-0.2, -0.15) is 5.26 Å². The number of hydrogen-bond donors (Lipinski definition) is 1. The molecule has 1 aliphatic carbocycles. The van der Waals surface area contributed by atoms with Crippen LogP contribution < -0.4 is 4.74 Å². The maximum absolute atomic E-state index is 11.8. The molecule has 2 fully saturated rings. The monoisotopic (exact) mass is 477 g/mol. The number of nitriles is 1. The molecule has 7 heteroatoms. The van der Waals surface area contributed by atoms with E-state index in [-0.39, 0.29) is 11.8 Å². The smallest absolute Gasteiger partial charge is 0.308 e. The summed E-state index contributed by atoms with van der Waals surface area (Å²) in [7, 11) is 1.32. The number of rotatable bonds is 8. The fourth-order valence-corrected chi connectivity index (χ4v) is 5.43. The first-order chi connectivity index (χ1) is 17.0. The summed E-state index contributed by atoms with van der Waals surface area (Å²) < 4.78 is 10.9. The first-order valence-corrected chi connectivity index (χ1v) is 12.5. The number of piperazine rings is 1. The number of ether oxygens (including phenoxy) is 2. The molecule has 0 radical (unpaired) electrons. The molecule has 1 aliphatic heterocycles. The molecule has 2 aliphatic rings. The third-order valence-electron chi connectivity index (χ3n) is 7.51. The summed E-state index contributed by atoms with van der Waals surface area (Å²) in [5.74, 6) is 0.198. The predicted octanol–water partition coefficient (Wildman–Crippen LogP) is 3.34. The SMILES string of the molecule is COC(=O)CC(O)C(Oc1ccccc1)N1CCN(C2CCC(C#N)(c3ccccc3)CC2)CC1. The van der Waals surface area contributed by atoms with Gasteiger partial charge in [0.1, 0.15) is 11.9 Å². The zero-order valence-corrected chi connectivity index (χ0v) is 20.4. The fourth-order valence-electron chi connectivity index (χ4n) is 5.43. The van der Waals surface area contributed by atoms with Gasteiger partial charge < -0.3 is 14.6 Å². The van der Waals surface area contributed by atoms with Crippen LogP contribution in [0.5, 0.6) is 5.75 Å². The number of carbonyl (C=O) groups excluding carboxylic acids is 1. The third kappa shape index (κ3) is 6.02. The summed E-state index contributed by atoms with van der Waals surface area (Å²) in [5.41, 5.74) is 0.748. The second-order valence-electron chi connectivity index (χ2n) is 9.53. The lowest BCUT2D eigenvalue weighted by Gasteiger charge is -2.45. The Labute approximate surface area is 207 Å². The molecule has 35 heavy (non-hydrogen) atoms. The van der Waals surface area contributed by atoms with Crippen LogP contribution in [-0.2, 0) is 14.9 Å². The van der Waals surface area contributed by atoms with Crippen molar-refractivity contribution >= 4 is 5.97 Å². The van der Waals surface area contributed by atoms with Gasteiger partial charge in [0.2, 0.25) is 0 Å². The van der Waals surface area contributed by atoms with Gasteiger partial charge >= 0.3 is 5.97 Å². The van der Waals surface area contributed by atoms with Crippen LogP contribution in [-0.4, -0.2) is 72.5 Å². The Kier molecular flexibility index (Phi) is 8.40. The standard InChI is InChI=1S/C28H35N3O4/c1-34-26(33)20-25(32)27(35-24-10-6-3-7-11-24)31-18-16-30(17-19-31)23-12-14-28(21-29,15-13-23)22-8-4-2-5-9-22/h2-11,23,25,27,32H,12-20H2,1H3. The maximum Gasteiger partial charge on any atom is 0.308 e. The lowest BCUT2D eigenvalue weighted by Crippen LogP contribution is -2.58. The lowest BCUT2D eigenvalue weighted by atomic mass is 9.69. The number of methoxy groups -OCH3 is 1. The normalized spacial score (nSPS) is 25.2. The topological polar surface area (TPSA) is 86.0 Å². The van der Waals surface area contributed by atoms with E-state index < -0.39 is 18.3 Å². The molecule has 1 heterocycles. The Morgan fingerprint density at radius 2 is 1.66 bits per heavy atom. The van der Waals surface area contributed by atoms with Gasteiger partial charge in [0.05, 0.1) is 25.0 Å². The summed E-state index contributed by atoms with van der Waals surface area (Å²) in [6.45, 7) is 3.17. The van der Waals surface area contributed by atoms with E-state index in [1.807, 2.05) is 48.5 Å². The van der Waals surface area contributed by atoms with Gasteiger partial charge in [-0.25, -0.2) is 0 Å². The van der Waals surface area contributed by atoms with Gasteiger partial charge in [-0.3, -0.25) is 14.6 Å². The highest BCUT2D eigenvalue weighted by Crippen LogP contribution is 2.40. The zero-order valence-electron chi connectivity index (χ0n) is 20.4. The van der Waals surface area contributed by atoms with Crippen LogP contribution in [0.1, 0.15) is 37.7 Å². The van der Waals surface area contributed by atoms with Gasteiger partial charge in [0.25, 0.3) is 0 Å². The number of nitrogens with zero attached hydrogens (tertiary/aromatic N) is 3. The van der Waals surface area contributed by atoms with Gasteiger partial charge in [0.15, 0.2) is 6.23 Å². The summed E-state index contributed by atoms with van der Waals surface area (Å²) in [4.78, 5) is 16.4. The molecule has 1 saturated carbocycles. The van der Waals surface area contributed by atoms with Crippen molar-refractivity contribution in [3.8, 4) is 11.8 Å². The molecule has 2 atom stereocenters. The Balaban J connectivity index is 1.36. The van der Waals surface area contributed by atoms with Crippen LogP contribution >= 0.6 is 0 Å². The molecule has 0 bridgehead atoms. The number of esters is 1. The van der Waals surface area contributed by atoms with Crippen LogP contribution in [0.25, 0.3) is 0 Å². The highest BCUT2D eigenvalue weighted by molar-refractivity contribution is 5.69. The average Bonchev–Trinajstić information content (AvgIpc) is 2.93. The number of benzene rings is 2. The van der Waals surface area contributed by atoms with Gasteiger partial charge in [-0.05, 0) is 43.4 Å². The molecule has 4 rings (SSSR count). The number of hydrogen-bond acceptors (Lipinski definition) is 7. The van der Waals surface area contributed by atoms with Crippen molar-refractivity contribution in [2.75, 3.05) is 33.3 Å². The Bertz CT molecular complexity index is 978. The molecular weight excluding hydrogens is 442 g/mol. The largest absolute Gasteiger partial charge is 0.472 e. The van der Waals surface area contributed by atoms with Crippen LogP contribution in [0.15, 0.2) is 60.7 Å². The molecule has 2 unspecified atom stereocenters. The molecule has 186 valence electrons. The summed E-state index contributed by atoms with van der Waals surface area (Å²) in [5, 5.41) is 20.8. The molecular formula is C28H35N3O4. The van der Waals surface area contributed by atoms with Crippen molar-refractivity contribution in [1.29, 1.82) is 5.26 Å². The highest BCUT2D eigenvalue weighted by atomic mass is 16.5. The first kappa shape index (κ1) is 25.2. The van der Waals surface area contributed by atoms with E-state index in [0.717, 1.165) is 57.4 Å². The molecule has 2 aromatic carbocycles. The second kappa shape index (κ2) is 11.7. The van der Waals surface area contributed by atoms with Crippen molar-refractivity contribution in [3.05, 3.63) is 66.2 Å². The Morgan fingerprint density at radius 1 is 1.06 bits per heavy atom. The molecule has 1 saturated heterocycles. The molecule has 2 aromatic rings. The minimum atomic E-state index is -0.994. The van der Waals surface area contributed by atoms with E-state index in [4.69, 9.17) is 9.47 Å². The molecule has 1 N–H and O–H groups in total. The number of carbonyl (C=O) groups is 1. The quantitative estimate of drug-likeness (QED) is 0.584. The van der Waals surface area contributed by atoms with Crippen LogP contribution in [0.3, 0.4) is 0 Å². The van der Waals surface area contributed by atoms with E-state index in [9.17, 15) is 15.2 Å². The van der Waals surface area contributed by atoms with Gasteiger partial charge in [-0.15, -0.1) is 0 Å². The summed E-state index contributed by atoms with van der Waals surface area (Å²) in [6, 6.07) is 22.7. The van der Waals surface area contributed by atoms with E-state index in [2.05, 4.69) is 28.0 Å². The second-order valence-corrected chi connectivity index (χ2v) is 9.53. The Hall–Kier alpha value is -2.92. The highest BCUT2D eigenvalue weighted by Gasteiger charge is 2.40. The van der Waals surface area contributed by atoms with Crippen molar-refractivity contribution in [3.63, 3.8) is 0 Å². The number of aliphatic hydroxyl groups is 1. The maximum atomic E-state index is 11.8. The van der Waals surface area contributed by atoms with Crippen molar-refractivity contribution in [1.82, 2.24) is 9.80 Å². The van der Waals surface area contributed by atoms with E-state index >= 15 is 0 Å². The number of para-hydroxylation sites is 1. The van der Waals surface area contributed by atoms with Gasteiger partial charge in [0, 0.05) is 32.2 Å². The minimum Gasteiger partial charge on any atom is -0.472 e. The predicted molar refractivity (Wildman–Crippen MR) is 133 cm³/mol. The van der Waals surface area contributed by atoms with E-state index in [0.29, 0.717) is 11.8 Å². The van der Waals surface area contributed by atoms with E-state index in [1.165, 1.54) is 7.11 Å². The van der Waals surface area contributed by atoms with Crippen LogP contribution in [0.2, 0.25) is 0 Å². The third-order valence-corrected chi connectivity index (χ3v) is 7.51. The molecule has 0 amide bonds. The van der Waals surface area contributed by atoms with E-state index in [1.54, 1.807) is 0 Å². The zero-order chi connectivity index (χ0) is 24.7. The summed E-state index contributed by atoms with van der Waals surface area (Å²) in [6.07, 6.45) is 1.99. The first-order valence-electron chi connectivity index (χ1n) is 12.5. The van der Waals surface area contributed by atoms with Crippen LogP contribution in [0, 0.1) is 11.3 Å². The Morgan fingerprint density at radius 3 is 2.23 bits per heavy atom. The van der Waals surface area contributed by atoms with Gasteiger partial charge in [-0.1, -0.05) is 48.5 Å². The summed E-state index contributed by atoms with van der Waals surface area (Å²) >= 11 is 0. The van der Waals surface area contributed by atoms with Crippen LogP contribution in [0.4, 0.5) is 0 Å². The molecule has 0 aromatic heterocycles. The molecule has 0 spiro atoms. The molecule has 7 nitrogen and oxygen atoms in total. The lowest BCUT2D eigenvalue weighted by molar-refractivity contribution is -0.148. The average molecular weight is 478 g/mol. The number of aliphatic hydroxyl groups excluding tert-OH is 1. The fraction of sp³-hybridized carbons (Fsp3) is 0.500. The van der Waals surface area contributed by atoms with Crippen molar-refractivity contribution in [2.24, 2.45) is 0 Å². The van der Waals surface area contributed by atoms with Crippen molar-refractivity contribution < 1.29 is 19.4 Å².